The van der Waals surface area contributed by atoms with Gasteiger partial charge in [0.2, 0.25) is 5.88 Å². The maximum atomic E-state index is 12.7. The molecule has 1 saturated heterocycles. The summed E-state index contributed by atoms with van der Waals surface area (Å²) in [5.74, 6) is 0.597. The topological polar surface area (TPSA) is 60.9 Å². The number of aromatic nitrogens is 1. The van der Waals surface area contributed by atoms with Gasteiger partial charge in [0.25, 0.3) is 5.91 Å². The van der Waals surface area contributed by atoms with Crippen LogP contribution in [0.4, 0.5) is 13.2 Å². The van der Waals surface area contributed by atoms with Crippen molar-refractivity contribution in [2.75, 3.05) is 27.3 Å². The molecule has 1 fully saturated rings. The van der Waals surface area contributed by atoms with E-state index in [2.05, 4.69) is 4.98 Å². The number of alkyl halides is 3. The SMILES string of the molecule is COc1ccc(C(=O)N2CC(Oc3cccc(C(F)(F)F)n3)C2)cc1OC. The molecule has 0 atom stereocenters. The molecule has 27 heavy (non-hydrogen) atoms. The zero-order valence-corrected chi connectivity index (χ0v) is 14.6. The Bertz CT molecular complexity index is 836. The highest BCUT2D eigenvalue weighted by Crippen LogP contribution is 2.30. The van der Waals surface area contributed by atoms with Crippen LogP contribution in [0.5, 0.6) is 17.4 Å². The number of carbonyl (C=O) groups is 1. The Morgan fingerprint density at radius 2 is 1.81 bits per heavy atom. The van der Waals surface area contributed by atoms with E-state index in [4.69, 9.17) is 14.2 Å². The van der Waals surface area contributed by atoms with E-state index in [1.54, 1.807) is 18.2 Å². The maximum Gasteiger partial charge on any atom is 0.433 e. The van der Waals surface area contributed by atoms with E-state index in [1.165, 1.54) is 31.3 Å². The van der Waals surface area contributed by atoms with E-state index < -0.39 is 18.0 Å². The van der Waals surface area contributed by atoms with Crippen LogP contribution in [0.3, 0.4) is 0 Å². The molecule has 1 aromatic carbocycles. The van der Waals surface area contributed by atoms with Crippen LogP contribution in [0.25, 0.3) is 0 Å². The fourth-order valence-corrected chi connectivity index (χ4v) is 2.64. The molecule has 1 aliphatic rings. The summed E-state index contributed by atoms with van der Waals surface area (Å²) in [7, 11) is 2.97. The number of carbonyl (C=O) groups excluding carboxylic acids is 1. The lowest BCUT2D eigenvalue weighted by molar-refractivity contribution is -0.141. The van der Waals surface area contributed by atoms with Crippen LogP contribution >= 0.6 is 0 Å². The Labute approximate surface area is 153 Å². The summed E-state index contributed by atoms with van der Waals surface area (Å²) in [6, 6.07) is 8.29. The third kappa shape index (κ3) is 4.07. The van der Waals surface area contributed by atoms with Crippen molar-refractivity contribution in [2.45, 2.75) is 12.3 Å². The Morgan fingerprint density at radius 1 is 1.11 bits per heavy atom. The first kappa shape index (κ1) is 18.8. The van der Waals surface area contributed by atoms with Gasteiger partial charge < -0.3 is 19.1 Å². The van der Waals surface area contributed by atoms with Crippen LogP contribution in [-0.4, -0.2) is 49.2 Å². The number of halogens is 3. The number of benzene rings is 1. The second kappa shape index (κ2) is 7.34. The number of likely N-dealkylation sites (tertiary alicyclic amines) is 1. The molecule has 0 spiro atoms. The lowest BCUT2D eigenvalue weighted by Crippen LogP contribution is -2.56. The molecular formula is C18H17F3N2O4. The molecule has 1 amide bonds. The molecule has 0 radical (unpaired) electrons. The monoisotopic (exact) mass is 382 g/mol. The summed E-state index contributed by atoms with van der Waals surface area (Å²) in [5.41, 5.74) is -0.596. The summed E-state index contributed by atoms with van der Waals surface area (Å²) in [6.07, 6.45) is -4.95. The molecule has 0 bridgehead atoms. The number of ether oxygens (including phenoxy) is 3. The quantitative estimate of drug-likeness (QED) is 0.796. The lowest BCUT2D eigenvalue weighted by atomic mass is 10.1. The third-order valence-electron chi connectivity index (χ3n) is 4.07. The summed E-state index contributed by atoms with van der Waals surface area (Å²) in [6.45, 7) is 0.510. The van der Waals surface area contributed by atoms with Crippen LogP contribution in [-0.2, 0) is 6.18 Å². The van der Waals surface area contributed by atoms with E-state index in [-0.39, 0.29) is 24.9 Å². The van der Waals surface area contributed by atoms with Gasteiger partial charge in [-0.15, -0.1) is 0 Å². The number of methoxy groups -OCH3 is 2. The summed E-state index contributed by atoms with van der Waals surface area (Å²) in [5, 5.41) is 0. The van der Waals surface area contributed by atoms with Crippen LogP contribution in [0.2, 0.25) is 0 Å². The number of hydrogen-bond acceptors (Lipinski definition) is 5. The minimum Gasteiger partial charge on any atom is -0.493 e. The van der Waals surface area contributed by atoms with E-state index in [9.17, 15) is 18.0 Å². The van der Waals surface area contributed by atoms with Crippen molar-refractivity contribution in [3.05, 3.63) is 47.7 Å². The minimum absolute atomic E-state index is 0.118. The third-order valence-corrected chi connectivity index (χ3v) is 4.07. The maximum absolute atomic E-state index is 12.7. The van der Waals surface area contributed by atoms with Gasteiger partial charge in [0.15, 0.2) is 11.5 Å². The summed E-state index contributed by atoms with van der Waals surface area (Å²) >= 11 is 0. The van der Waals surface area contributed by atoms with E-state index >= 15 is 0 Å². The number of hydrogen-bond donors (Lipinski definition) is 0. The van der Waals surface area contributed by atoms with E-state index in [0.29, 0.717) is 17.1 Å². The van der Waals surface area contributed by atoms with Crippen molar-refractivity contribution >= 4 is 5.91 Å². The number of amides is 1. The predicted octanol–water partition coefficient (Wildman–Crippen LogP) is 3.02. The van der Waals surface area contributed by atoms with Crippen LogP contribution in [0.15, 0.2) is 36.4 Å². The van der Waals surface area contributed by atoms with Gasteiger partial charge in [-0.2, -0.15) is 13.2 Å². The largest absolute Gasteiger partial charge is 0.493 e. The molecule has 9 heteroatoms. The van der Waals surface area contributed by atoms with Gasteiger partial charge in [-0.25, -0.2) is 4.98 Å². The highest BCUT2D eigenvalue weighted by atomic mass is 19.4. The summed E-state index contributed by atoms with van der Waals surface area (Å²) in [4.78, 5) is 17.5. The Morgan fingerprint density at radius 3 is 2.44 bits per heavy atom. The van der Waals surface area contributed by atoms with Gasteiger partial charge in [-0.1, -0.05) is 6.07 Å². The molecule has 3 rings (SSSR count). The fraction of sp³-hybridized carbons (Fsp3) is 0.333. The number of nitrogens with zero attached hydrogens (tertiary/aromatic N) is 2. The summed E-state index contributed by atoms with van der Waals surface area (Å²) < 4.78 is 53.8. The van der Waals surface area contributed by atoms with Crippen molar-refractivity contribution in [3.63, 3.8) is 0 Å². The molecule has 0 unspecified atom stereocenters. The molecule has 1 aromatic heterocycles. The van der Waals surface area contributed by atoms with E-state index in [0.717, 1.165) is 6.07 Å². The van der Waals surface area contributed by atoms with Gasteiger partial charge in [-0.05, 0) is 24.3 Å². The first-order chi connectivity index (χ1) is 12.8. The first-order valence-electron chi connectivity index (χ1n) is 8.04. The second-order valence-corrected chi connectivity index (χ2v) is 5.88. The average Bonchev–Trinajstić information content (AvgIpc) is 2.62. The molecule has 144 valence electrons. The molecule has 6 nitrogen and oxygen atoms in total. The van der Waals surface area contributed by atoms with Crippen LogP contribution in [0, 0.1) is 0 Å². The number of rotatable bonds is 5. The van der Waals surface area contributed by atoms with Crippen molar-refractivity contribution in [3.8, 4) is 17.4 Å². The molecule has 0 aliphatic carbocycles. The molecule has 0 N–H and O–H groups in total. The Kier molecular flexibility index (Phi) is 5.11. The van der Waals surface area contributed by atoms with Gasteiger partial charge >= 0.3 is 6.18 Å². The standard InChI is InChI=1S/C18H17F3N2O4/c1-25-13-7-6-11(8-14(13)26-2)17(24)23-9-12(10-23)27-16-5-3-4-15(22-16)18(19,20)21/h3-8,12H,9-10H2,1-2H3. The zero-order chi connectivity index (χ0) is 19.6. The Hall–Kier alpha value is -2.97. The van der Waals surface area contributed by atoms with Crippen molar-refractivity contribution in [2.24, 2.45) is 0 Å². The van der Waals surface area contributed by atoms with Gasteiger partial charge in [-0.3, -0.25) is 4.79 Å². The first-order valence-corrected chi connectivity index (χ1v) is 8.04. The van der Waals surface area contributed by atoms with Crippen molar-refractivity contribution < 1.29 is 32.2 Å². The molecule has 2 aromatic rings. The number of pyridine rings is 1. The van der Waals surface area contributed by atoms with Gasteiger partial charge in [0, 0.05) is 11.6 Å². The van der Waals surface area contributed by atoms with Crippen LogP contribution in [0.1, 0.15) is 16.1 Å². The lowest BCUT2D eigenvalue weighted by Gasteiger charge is -2.38. The second-order valence-electron chi connectivity index (χ2n) is 5.88. The van der Waals surface area contributed by atoms with Crippen LogP contribution < -0.4 is 14.2 Å². The average molecular weight is 382 g/mol. The Balaban J connectivity index is 1.60. The molecule has 0 saturated carbocycles. The zero-order valence-electron chi connectivity index (χ0n) is 14.6. The fourth-order valence-electron chi connectivity index (χ4n) is 2.64. The normalized spacial score (nSPS) is 14.5. The highest BCUT2D eigenvalue weighted by molar-refractivity contribution is 5.95. The molecular weight excluding hydrogens is 365 g/mol. The van der Waals surface area contributed by atoms with Gasteiger partial charge in [0.1, 0.15) is 11.8 Å². The molecule has 2 heterocycles. The van der Waals surface area contributed by atoms with Crippen molar-refractivity contribution in [1.82, 2.24) is 9.88 Å². The van der Waals surface area contributed by atoms with Gasteiger partial charge in [0.05, 0.1) is 27.3 Å². The molecule has 1 aliphatic heterocycles. The highest BCUT2D eigenvalue weighted by Gasteiger charge is 2.35. The predicted molar refractivity (Wildman–Crippen MR) is 89.1 cm³/mol. The minimum atomic E-state index is -4.53. The van der Waals surface area contributed by atoms with E-state index in [1.807, 2.05) is 0 Å². The smallest absolute Gasteiger partial charge is 0.433 e. The van der Waals surface area contributed by atoms with Crippen molar-refractivity contribution in [1.29, 1.82) is 0 Å².